The highest BCUT2D eigenvalue weighted by atomic mass is 19.1. The molecule has 1 amide bonds. The van der Waals surface area contributed by atoms with Crippen LogP contribution in [-0.4, -0.2) is 51.6 Å². The van der Waals surface area contributed by atoms with Crippen molar-refractivity contribution < 1.29 is 33.1 Å². The van der Waals surface area contributed by atoms with Crippen LogP contribution in [0.25, 0.3) is 10.8 Å². The van der Waals surface area contributed by atoms with Crippen LogP contribution in [0.15, 0.2) is 41.7 Å². The van der Waals surface area contributed by atoms with Crippen molar-refractivity contribution in [3.8, 4) is 0 Å². The summed E-state index contributed by atoms with van der Waals surface area (Å²) in [6.07, 6.45) is 14.8. The Kier molecular flexibility index (Phi) is 11.2. The zero-order valence-corrected chi connectivity index (χ0v) is 28.2. The number of fused-ring (bicyclic) bond motifs is 2. The maximum absolute atomic E-state index is 15.6. The molecule has 10 heteroatoms. The lowest BCUT2D eigenvalue weighted by molar-refractivity contribution is -0.196. The largest absolute Gasteiger partial charge is 0.417 e. The Labute approximate surface area is 277 Å². The highest BCUT2D eigenvalue weighted by molar-refractivity contribution is 6.12. The molecule has 1 aromatic carbocycles. The van der Waals surface area contributed by atoms with Gasteiger partial charge in [-0.15, -0.1) is 0 Å². The first-order valence-corrected chi connectivity index (χ1v) is 17.7. The van der Waals surface area contributed by atoms with E-state index in [4.69, 9.17) is 14.3 Å². The molecular weight excluding hydrogens is 601 g/mol. The fourth-order valence-electron chi connectivity index (χ4n) is 7.01. The van der Waals surface area contributed by atoms with E-state index in [1.807, 2.05) is 44.2 Å². The lowest BCUT2D eigenvalue weighted by atomic mass is 9.83. The third-order valence-electron chi connectivity index (χ3n) is 10.1. The molecule has 1 aliphatic carbocycles. The number of rotatable bonds is 19. The van der Waals surface area contributed by atoms with Crippen LogP contribution in [0.5, 0.6) is 0 Å². The van der Waals surface area contributed by atoms with Gasteiger partial charge in [0, 0.05) is 30.3 Å². The molecule has 1 unspecified atom stereocenters. The number of unbranched alkanes of at least 4 members (excludes halogenated alkanes) is 12. The van der Waals surface area contributed by atoms with Crippen molar-refractivity contribution in [2.24, 2.45) is 11.1 Å². The maximum atomic E-state index is 15.6. The summed E-state index contributed by atoms with van der Waals surface area (Å²) in [5.74, 6) is -4.58. The van der Waals surface area contributed by atoms with Crippen molar-refractivity contribution in [3.05, 3.63) is 42.2 Å². The smallest absolute Gasteiger partial charge is 0.317 e. The average Bonchev–Trinajstić information content (AvgIpc) is 3.40. The molecule has 2 fully saturated rings. The van der Waals surface area contributed by atoms with Crippen molar-refractivity contribution >= 4 is 34.3 Å². The lowest BCUT2D eigenvalue weighted by Crippen LogP contribution is -2.56. The second-order valence-corrected chi connectivity index (χ2v) is 13.8. The van der Waals surface area contributed by atoms with E-state index in [9.17, 15) is 14.4 Å². The number of halogens is 1. The summed E-state index contributed by atoms with van der Waals surface area (Å²) in [6.45, 7) is 5.86. The molecule has 47 heavy (non-hydrogen) atoms. The highest BCUT2D eigenvalue weighted by Crippen LogP contribution is 2.61. The Morgan fingerprint density at radius 3 is 2.26 bits per heavy atom. The number of carbonyl (C=O) groups excluding carboxylic acids is 3. The van der Waals surface area contributed by atoms with E-state index >= 15 is 4.39 Å². The van der Waals surface area contributed by atoms with Crippen LogP contribution in [-0.2, 0) is 28.7 Å². The topological polar surface area (TPSA) is 116 Å². The molecule has 0 bridgehead atoms. The zero-order chi connectivity index (χ0) is 33.5. The van der Waals surface area contributed by atoms with Gasteiger partial charge in [0.15, 0.2) is 5.54 Å². The van der Waals surface area contributed by atoms with Gasteiger partial charge in [0.25, 0.3) is 5.91 Å². The van der Waals surface area contributed by atoms with Crippen LogP contribution < -0.4 is 5.32 Å². The number of esters is 2. The summed E-state index contributed by atoms with van der Waals surface area (Å²) in [7, 11) is 0. The summed E-state index contributed by atoms with van der Waals surface area (Å²) in [6, 6.07) is 9.60. The van der Waals surface area contributed by atoms with Gasteiger partial charge in [-0.3, -0.25) is 19.4 Å². The SMILES string of the molecule is CCCCCCCCCCCCCCCC(=O)O[C@]12OC(=O)C[C@]1(NC(=O)[C@]1(C(C)C)CC(c3nccc4ccccc34)=NO1)C2F. The number of aromatic nitrogens is 1. The molecule has 5 rings (SSSR count). The van der Waals surface area contributed by atoms with E-state index in [0.717, 1.165) is 30.0 Å². The molecular formula is C37H50FN3O6. The molecule has 4 atom stereocenters. The number of oxime groups is 1. The third kappa shape index (κ3) is 7.16. The van der Waals surface area contributed by atoms with Crippen molar-refractivity contribution in [2.45, 2.75) is 147 Å². The molecule has 9 nitrogen and oxygen atoms in total. The monoisotopic (exact) mass is 651 g/mol. The molecule has 3 aliphatic rings. The Bertz CT molecular complexity index is 1460. The first-order valence-electron chi connectivity index (χ1n) is 17.7. The Morgan fingerprint density at radius 1 is 0.957 bits per heavy atom. The molecule has 0 radical (unpaired) electrons. The number of nitrogens with zero attached hydrogens (tertiary/aromatic N) is 2. The number of benzene rings is 1. The molecule has 256 valence electrons. The lowest BCUT2D eigenvalue weighted by Gasteiger charge is -2.30. The molecule has 1 N–H and O–H groups in total. The van der Waals surface area contributed by atoms with Crippen LogP contribution in [0.3, 0.4) is 0 Å². The van der Waals surface area contributed by atoms with Gasteiger partial charge < -0.3 is 19.6 Å². The van der Waals surface area contributed by atoms with E-state index in [0.29, 0.717) is 17.8 Å². The van der Waals surface area contributed by atoms with Gasteiger partial charge in [0.05, 0.1) is 12.1 Å². The molecule has 2 aliphatic heterocycles. The van der Waals surface area contributed by atoms with Crippen molar-refractivity contribution in [2.75, 3.05) is 0 Å². The average molecular weight is 652 g/mol. The summed E-state index contributed by atoms with van der Waals surface area (Å²) in [4.78, 5) is 49.5. The van der Waals surface area contributed by atoms with E-state index in [1.54, 1.807) is 6.20 Å². The van der Waals surface area contributed by atoms with Gasteiger partial charge in [-0.1, -0.05) is 127 Å². The minimum Gasteiger partial charge on any atom is -0.417 e. The van der Waals surface area contributed by atoms with Crippen LogP contribution in [0.2, 0.25) is 0 Å². The second kappa shape index (κ2) is 15.1. The standard InChI is InChI=1S/C37H50FN3O6/c1-4-5-6-7-8-9-10-11-12-13-14-15-16-21-30(42)45-37-33(38)36(37,25-31(43)46-37)40-34(44)35(26(2)3)24-29(41-47-35)32-28-20-18-17-19-27(28)22-23-39-32/h17-20,22-23,26,33H,4-16,21,24-25H2,1-3H3,(H,40,44)/t33?,35-,36+,37-/m1/s1. The van der Waals surface area contributed by atoms with Crippen molar-refractivity contribution in [3.63, 3.8) is 0 Å². The summed E-state index contributed by atoms with van der Waals surface area (Å²) < 4.78 is 26.4. The maximum Gasteiger partial charge on any atom is 0.317 e. The fourth-order valence-corrected chi connectivity index (χ4v) is 7.01. The number of pyridine rings is 1. The number of hydrogen-bond donors (Lipinski definition) is 1. The van der Waals surface area contributed by atoms with Gasteiger partial charge in [0.1, 0.15) is 5.71 Å². The quantitative estimate of drug-likeness (QED) is 0.123. The van der Waals surface area contributed by atoms with E-state index in [1.165, 1.54) is 57.8 Å². The van der Waals surface area contributed by atoms with Gasteiger partial charge in [-0.2, -0.15) is 0 Å². The van der Waals surface area contributed by atoms with Crippen molar-refractivity contribution in [1.29, 1.82) is 0 Å². The van der Waals surface area contributed by atoms with Crippen LogP contribution in [0, 0.1) is 5.92 Å². The first kappa shape index (κ1) is 34.8. The van der Waals surface area contributed by atoms with Gasteiger partial charge in [-0.25, -0.2) is 4.39 Å². The van der Waals surface area contributed by atoms with E-state index < -0.39 is 47.4 Å². The molecule has 1 aromatic heterocycles. The molecule has 3 heterocycles. The van der Waals surface area contributed by atoms with Gasteiger partial charge in [-0.05, 0) is 17.9 Å². The summed E-state index contributed by atoms with van der Waals surface area (Å²) in [5, 5.41) is 8.79. The molecule has 1 saturated carbocycles. The Balaban J connectivity index is 1.11. The molecule has 1 saturated heterocycles. The number of hydrogen-bond acceptors (Lipinski definition) is 8. The molecule has 0 spiro atoms. The number of ether oxygens (including phenoxy) is 2. The minimum atomic E-state index is -2.16. The van der Waals surface area contributed by atoms with Gasteiger partial charge >= 0.3 is 17.7 Å². The summed E-state index contributed by atoms with van der Waals surface area (Å²) >= 11 is 0. The minimum absolute atomic E-state index is 0.0854. The highest BCUT2D eigenvalue weighted by Gasteiger charge is 2.91. The van der Waals surface area contributed by atoms with Gasteiger partial charge in [0.2, 0.25) is 11.8 Å². The van der Waals surface area contributed by atoms with Crippen LogP contribution in [0.4, 0.5) is 4.39 Å². The van der Waals surface area contributed by atoms with Crippen molar-refractivity contribution in [1.82, 2.24) is 10.3 Å². The number of nitrogens with one attached hydrogen (secondary N) is 1. The summed E-state index contributed by atoms with van der Waals surface area (Å²) in [5.41, 5.74) is -2.20. The number of carbonyl (C=O) groups is 3. The Morgan fingerprint density at radius 2 is 1.60 bits per heavy atom. The normalized spacial score (nSPS) is 26.1. The van der Waals surface area contributed by atoms with E-state index in [2.05, 4.69) is 22.4 Å². The van der Waals surface area contributed by atoms with Crippen LogP contribution in [0.1, 0.15) is 129 Å². The Hall–Kier alpha value is -3.56. The predicted octanol–water partition coefficient (Wildman–Crippen LogP) is 7.63. The fraction of sp³-hybridized carbons (Fsp3) is 0.649. The third-order valence-corrected chi connectivity index (χ3v) is 10.1. The number of amides is 1. The predicted molar refractivity (Wildman–Crippen MR) is 177 cm³/mol. The van der Waals surface area contributed by atoms with E-state index in [-0.39, 0.29) is 18.8 Å². The zero-order valence-electron chi connectivity index (χ0n) is 28.2. The second-order valence-electron chi connectivity index (χ2n) is 13.8. The van der Waals surface area contributed by atoms with Crippen LogP contribution >= 0.6 is 0 Å². The molecule has 2 aromatic rings. The number of alkyl halides is 1. The first-order chi connectivity index (χ1) is 22.7.